The molecule has 2 N–H and O–H groups in total. The first-order valence-electron chi connectivity index (χ1n) is 13.1. The van der Waals surface area contributed by atoms with Crippen molar-refractivity contribution in [2.75, 3.05) is 39.6 Å². The maximum Gasteiger partial charge on any atom is 0.142 e. The highest BCUT2D eigenvalue weighted by molar-refractivity contribution is 6.16. The first kappa shape index (κ1) is 24.9. The number of rotatable bonds is 7. The third-order valence-electron chi connectivity index (χ3n) is 7.24. The predicted octanol–water partition coefficient (Wildman–Crippen LogP) is 6.49. The molecule has 0 aliphatic heterocycles. The zero-order valence-corrected chi connectivity index (χ0v) is 23.1. The van der Waals surface area contributed by atoms with Gasteiger partial charge in [0.1, 0.15) is 23.0 Å². The van der Waals surface area contributed by atoms with E-state index in [1.165, 1.54) is 0 Å². The Bertz CT molecular complexity index is 1830. The van der Waals surface area contributed by atoms with Gasteiger partial charge in [0, 0.05) is 46.2 Å². The van der Waals surface area contributed by atoms with E-state index in [-0.39, 0.29) is 0 Å². The van der Waals surface area contributed by atoms with E-state index in [1.54, 1.807) is 7.11 Å². The number of methoxy groups -OCH3 is 1. The topological polar surface area (TPSA) is 92.1 Å². The number of fused-ring (bicyclic) bond motifs is 4. The van der Waals surface area contributed by atoms with Crippen LogP contribution in [0.2, 0.25) is 0 Å². The van der Waals surface area contributed by atoms with Crippen molar-refractivity contribution in [1.82, 2.24) is 25.0 Å². The Morgan fingerprint density at radius 2 is 1.74 bits per heavy atom. The number of likely N-dealkylation sites (N-methyl/N-ethyl adjacent to an activating group) is 1. The standard InChI is InChI=1S/C31H32N6O2/c1-17-28(18(2)39-36-17)24-15-26-23(16-27(24)38-6)29-30(33-19(3)34-31(29)35-26)22-11-7-10-21-20(22)9-8-12-25(21)32-13-14-37(4)5/h7-12,15-16,32H,13-14H2,1-6H3,(H,33,34,35). The molecule has 198 valence electrons. The summed E-state index contributed by atoms with van der Waals surface area (Å²) in [6, 6.07) is 17.0. The fourth-order valence-corrected chi connectivity index (χ4v) is 5.45. The van der Waals surface area contributed by atoms with Crippen molar-refractivity contribution in [3.8, 4) is 28.1 Å². The second kappa shape index (κ2) is 9.71. The number of H-pyrrole nitrogens is 1. The maximum atomic E-state index is 5.88. The second-order valence-electron chi connectivity index (χ2n) is 10.2. The number of anilines is 1. The highest BCUT2D eigenvalue weighted by atomic mass is 16.5. The monoisotopic (exact) mass is 520 g/mol. The van der Waals surface area contributed by atoms with Gasteiger partial charge in [-0.05, 0) is 58.5 Å². The van der Waals surface area contributed by atoms with Gasteiger partial charge in [-0.15, -0.1) is 0 Å². The van der Waals surface area contributed by atoms with Crippen LogP contribution in [0, 0.1) is 20.8 Å². The number of aromatic amines is 1. The lowest BCUT2D eigenvalue weighted by Crippen LogP contribution is -2.20. The normalized spacial score (nSPS) is 11.8. The number of benzene rings is 3. The van der Waals surface area contributed by atoms with Crippen LogP contribution in [0.3, 0.4) is 0 Å². The lowest BCUT2D eigenvalue weighted by molar-refractivity contribution is 0.393. The van der Waals surface area contributed by atoms with Crippen LogP contribution >= 0.6 is 0 Å². The Morgan fingerprint density at radius 3 is 2.49 bits per heavy atom. The molecule has 0 fully saturated rings. The average molecular weight is 521 g/mol. The fraction of sp³-hybridized carbons (Fsp3) is 0.258. The minimum absolute atomic E-state index is 0.708. The Kier molecular flexibility index (Phi) is 6.19. The number of hydrogen-bond acceptors (Lipinski definition) is 7. The van der Waals surface area contributed by atoms with Crippen molar-refractivity contribution in [2.24, 2.45) is 0 Å². The quantitative estimate of drug-likeness (QED) is 0.248. The molecule has 0 spiro atoms. The van der Waals surface area contributed by atoms with Crippen molar-refractivity contribution in [3.63, 3.8) is 0 Å². The van der Waals surface area contributed by atoms with Crippen molar-refractivity contribution in [3.05, 3.63) is 65.8 Å². The minimum atomic E-state index is 0.708. The largest absolute Gasteiger partial charge is 0.496 e. The van der Waals surface area contributed by atoms with Crippen LogP contribution in [0.1, 0.15) is 17.3 Å². The molecule has 0 saturated heterocycles. The smallest absolute Gasteiger partial charge is 0.142 e. The summed E-state index contributed by atoms with van der Waals surface area (Å²) in [5.74, 6) is 2.21. The van der Waals surface area contributed by atoms with E-state index in [1.807, 2.05) is 20.8 Å². The van der Waals surface area contributed by atoms with E-state index in [0.29, 0.717) is 5.82 Å². The molecular formula is C31H32N6O2. The zero-order valence-electron chi connectivity index (χ0n) is 23.1. The van der Waals surface area contributed by atoms with Crippen LogP contribution < -0.4 is 10.1 Å². The SMILES string of the molecule is COc1cc2c(cc1-c1c(C)noc1C)[nH]c1nc(C)nc(-c3cccc4c(NCCN(C)C)cccc34)c12. The highest BCUT2D eigenvalue weighted by Crippen LogP contribution is 2.42. The summed E-state index contributed by atoms with van der Waals surface area (Å²) in [6.45, 7) is 7.61. The van der Waals surface area contributed by atoms with Crippen LogP contribution in [-0.4, -0.2) is 59.3 Å². The number of ether oxygens (including phenoxy) is 1. The summed E-state index contributed by atoms with van der Waals surface area (Å²) in [5.41, 5.74) is 7.51. The Labute approximate surface area is 227 Å². The number of hydrogen-bond donors (Lipinski definition) is 2. The van der Waals surface area contributed by atoms with Crippen molar-refractivity contribution in [1.29, 1.82) is 0 Å². The van der Waals surface area contributed by atoms with Gasteiger partial charge >= 0.3 is 0 Å². The molecule has 0 atom stereocenters. The lowest BCUT2D eigenvalue weighted by Gasteiger charge is -2.15. The van der Waals surface area contributed by atoms with Crippen LogP contribution in [0.25, 0.3) is 55.1 Å². The van der Waals surface area contributed by atoms with Crippen LogP contribution in [0.5, 0.6) is 5.75 Å². The van der Waals surface area contributed by atoms with Crippen molar-refractivity contribution in [2.45, 2.75) is 20.8 Å². The predicted molar refractivity (Wildman–Crippen MR) is 158 cm³/mol. The lowest BCUT2D eigenvalue weighted by atomic mass is 9.97. The van der Waals surface area contributed by atoms with E-state index in [4.69, 9.17) is 19.2 Å². The molecule has 6 rings (SSSR count). The summed E-state index contributed by atoms with van der Waals surface area (Å²) in [6.07, 6.45) is 0. The second-order valence-corrected chi connectivity index (χ2v) is 10.2. The average Bonchev–Trinajstić information content (AvgIpc) is 3.44. The van der Waals surface area contributed by atoms with E-state index in [2.05, 4.69) is 83.0 Å². The van der Waals surface area contributed by atoms with E-state index < -0.39 is 0 Å². The molecule has 0 aliphatic carbocycles. The van der Waals surface area contributed by atoms with Gasteiger partial charge in [-0.25, -0.2) is 9.97 Å². The number of aryl methyl sites for hydroxylation is 3. The van der Waals surface area contributed by atoms with Gasteiger partial charge in [-0.2, -0.15) is 0 Å². The molecule has 0 amide bonds. The summed E-state index contributed by atoms with van der Waals surface area (Å²) in [7, 11) is 5.85. The summed E-state index contributed by atoms with van der Waals surface area (Å²) in [5, 5.41) is 12.0. The molecule has 39 heavy (non-hydrogen) atoms. The molecule has 8 nitrogen and oxygen atoms in total. The highest BCUT2D eigenvalue weighted by Gasteiger charge is 2.21. The molecule has 6 aromatic rings. The van der Waals surface area contributed by atoms with Gasteiger partial charge in [-0.3, -0.25) is 0 Å². The Hall–Kier alpha value is -4.43. The van der Waals surface area contributed by atoms with E-state index in [9.17, 15) is 0 Å². The van der Waals surface area contributed by atoms with Gasteiger partial charge in [0.15, 0.2) is 0 Å². The molecular weight excluding hydrogens is 488 g/mol. The summed E-state index contributed by atoms with van der Waals surface area (Å²) in [4.78, 5) is 15.5. The molecule has 0 saturated carbocycles. The van der Waals surface area contributed by atoms with Gasteiger partial charge in [0.25, 0.3) is 0 Å². The van der Waals surface area contributed by atoms with Gasteiger partial charge in [0.2, 0.25) is 0 Å². The van der Waals surface area contributed by atoms with Gasteiger partial charge < -0.3 is 24.5 Å². The maximum absolute atomic E-state index is 5.88. The summed E-state index contributed by atoms with van der Waals surface area (Å²) >= 11 is 0. The van der Waals surface area contributed by atoms with E-state index >= 15 is 0 Å². The molecule has 3 aromatic carbocycles. The number of nitrogens with one attached hydrogen (secondary N) is 2. The summed E-state index contributed by atoms with van der Waals surface area (Å²) < 4.78 is 11.3. The van der Waals surface area contributed by atoms with Crippen molar-refractivity contribution < 1.29 is 9.26 Å². The van der Waals surface area contributed by atoms with Crippen LogP contribution in [-0.2, 0) is 0 Å². The van der Waals surface area contributed by atoms with Crippen LogP contribution in [0.4, 0.5) is 5.69 Å². The Morgan fingerprint density at radius 1 is 0.949 bits per heavy atom. The fourth-order valence-electron chi connectivity index (χ4n) is 5.45. The molecule has 0 unspecified atom stereocenters. The zero-order chi connectivity index (χ0) is 27.3. The minimum Gasteiger partial charge on any atom is -0.496 e. The number of aromatic nitrogens is 4. The molecule has 0 aliphatic rings. The van der Waals surface area contributed by atoms with Crippen LogP contribution in [0.15, 0.2) is 53.1 Å². The number of nitrogens with zero attached hydrogens (tertiary/aromatic N) is 4. The third kappa shape index (κ3) is 4.27. The molecule has 3 aromatic heterocycles. The first-order chi connectivity index (χ1) is 18.9. The third-order valence-corrected chi connectivity index (χ3v) is 7.24. The molecule has 8 heteroatoms. The van der Waals surface area contributed by atoms with Gasteiger partial charge in [0.05, 0.1) is 29.4 Å². The molecule has 3 heterocycles. The Balaban J connectivity index is 1.58. The molecule has 0 radical (unpaired) electrons. The van der Waals surface area contributed by atoms with Crippen molar-refractivity contribution >= 4 is 38.4 Å². The molecule has 0 bridgehead atoms. The van der Waals surface area contributed by atoms with Gasteiger partial charge in [-0.1, -0.05) is 35.5 Å². The first-order valence-corrected chi connectivity index (χ1v) is 13.1. The van der Waals surface area contributed by atoms with E-state index in [0.717, 1.165) is 91.1 Å².